The van der Waals surface area contributed by atoms with Gasteiger partial charge in [-0.15, -0.1) is 11.3 Å². The predicted octanol–water partition coefficient (Wildman–Crippen LogP) is 2.79. The fourth-order valence-electron chi connectivity index (χ4n) is 1.43. The molecule has 4 heteroatoms. The molecule has 0 amide bonds. The third-order valence-electron chi connectivity index (χ3n) is 2.58. The molecule has 0 aliphatic carbocycles. The summed E-state index contributed by atoms with van der Waals surface area (Å²) in [6.07, 6.45) is 0. The van der Waals surface area contributed by atoms with E-state index in [9.17, 15) is 0 Å². The summed E-state index contributed by atoms with van der Waals surface area (Å²) >= 11 is 1.56. The number of rotatable bonds is 4. The Labute approximate surface area is 102 Å². The number of hydrogen-bond donors (Lipinski definition) is 1. The van der Waals surface area contributed by atoms with Crippen molar-refractivity contribution in [2.24, 2.45) is 0 Å². The molecule has 0 aliphatic heterocycles. The van der Waals surface area contributed by atoms with Gasteiger partial charge in [-0.2, -0.15) is 5.26 Å². The van der Waals surface area contributed by atoms with Crippen LogP contribution in [0.2, 0.25) is 0 Å². The second-order valence-corrected chi connectivity index (χ2v) is 5.79. The molecule has 0 saturated heterocycles. The summed E-state index contributed by atoms with van der Waals surface area (Å²) < 4.78 is 0. The van der Waals surface area contributed by atoms with Crippen molar-refractivity contribution in [1.82, 2.24) is 10.3 Å². The van der Waals surface area contributed by atoms with Crippen molar-refractivity contribution in [3.05, 3.63) is 16.1 Å². The van der Waals surface area contributed by atoms with Gasteiger partial charge in [-0.3, -0.25) is 0 Å². The Morgan fingerprint density at radius 2 is 2.06 bits per heavy atom. The minimum absolute atomic E-state index is 0.130. The van der Waals surface area contributed by atoms with Crippen LogP contribution in [0.25, 0.3) is 0 Å². The third-order valence-corrected chi connectivity index (χ3v) is 3.74. The Hall–Kier alpha value is -0.920. The molecule has 0 spiro atoms. The van der Waals surface area contributed by atoms with E-state index in [2.05, 4.69) is 37.1 Å². The number of thiazole rings is 1. The minimum Gasteiger partial charge on any atom is -0.307 e. The van der Waals surface area contributed by atoms with Gasteiger partial charge in [0, 0.05) is 5.38 Å². The van der Waals surface area contributed by atoms with Crippen molar-refractivity contribution in [3.8, 4) is 6.07 Å². The molecule has 1 heterocycles. The fourth-order valence-corrected chi connectivity index (χ4v) is 2.49. The maximum Gasteiger partial charge on any atom is 0.113 e. The summed E-state index contributed by atoms with van der Waals surface area (Å²) in [6.45, 7) is 11.0. The van der Waals surface area contributed by atoms with Crippen LogP contribution in [0.4, 0.5) is 0 Å². The molecular weight excluding hydrogens is 218 g/mol. The highest BCUT2D eigenvalue weighted by Crippen LogP contribution is 2.29. The molecular formula is C12H19N3S. The SMILES string of the molecule is CCNC(C)(C)c1csc(C(C)(C)C#N)n1. The van der Waals surface area contributed by atoms with Crippen molar-refractivity contribution < 1.29 is 0 Å². The lowest BCUT2D eigenvalue weighted by molar-refractivity contribution is 0.404. The number of hydrogen-bond acceptors (Lipinski definition) is 4. The zero-order chi connectivity index (χ0) is 12.4. The van der Waals surface area contributed by atoms with E-state index in [0.29, 0.717) is 0 Å². The van der Waals surface area contributed by atoms with Crippen molar-refractivity contribution in [3.63, 3.8) is 0 Å². The van der Waals surface area contributed by atoms with Crippen LogP contribution in [0.5, 0.6) is 0 Å². The second-order valence-electron chi connectivity index (χ2n) is 4.93. The molecule has 1 aromatic rings. The third kappa shape index (κ3) is 2.60. The van der Waals surface area contributed by atoms with E-state index in [-0.39, 0.29) is 5.54 Å². The van der Waals surface area contributed by atoms with Gasteiger partial charge in [-0.05, 0) is 34.2 Å². The van der Waals surface area contributed by atoms with Crippen LogP contribution >= 0.6 is 11.3 Å². The Kier molecular flexibility index (Phi) is 3.72. The molecule has 0 aliphatic rings. The Morgan fingerprint density at radius 3 is 2.56 bits per heavy atom. The molecule has 88 valence electrons. The molecule has 1 N–H and O–H groups in total. The van der Waals surface area contributed by atoms with Crippen LogP contribution < -0.4 is 5.32 Å². The van der Waals surface area contributed by atoms with Crippen LogP contribution in [0.1, 0.15) is 45.3 Å². The number of nitrogens with one attached hydrogen (secondary N) is 1. The van der Waals surface area contributed by atoms with E-state index in [1.807, 2.05) is 19.2 Å². The highest BCUT2D eigenvalue weighted by molar-refractivity contribution is 7.09. The van der Waals surface area contributed by atoms with Crippen LogP contribution in [-0.4, -0.2) is 11.5 Å². The lowest BCUT2D eigenvalue weighted by Crippen LogP contribution is -2.36. The summed E-state index contributed by atoms with van der Waals surface area (Å²) in [5.41, 5.74) is 0.387. The molecule has 0 atom stereocenters. The topological polar surface area (TPSA) is 48.7 Å². The van der Waals surface area contributed by atoms with E-state index in [1.165, 1.54) is 0 Å². The lowest BCUT2D eigenvalue weighted by Gasteiger charge is -2.23. The van der Waals surface area contributed by atoms with Crippen LogP contribution in [0.3, 0.4) is 0 Å². The first kappa shape index (κ1) is 13.1. The molecule has 1 aromatic heterocycles. The minimum atomic E-state index is -0.495. The molecule has 1 rings (SSSR count). The van der Waals surface area contributed by atoms with Crippen LogP contribution in [0.15, 0.2) is 5.38 Å². The molecule has 0 saturated carbocycles. The summed E-state index contributed by atoms with van der Waals surface area (Å²) in [5.74, 6) is 0. The van der Waals surface area contributed by atoms with Crippen molar-refractivity contribution >= 4 is 11.3 Å². The van der Waals surface area contributed by atoms with Gasteiger partial charge in [-0.25, -0.2) is 4.98 Å². The lowest BCUT2D eigenvalue weighted by atomic mass is 9.96. The van der Waals surface area contributed by atoms with E-state index in [4.69, 9.17) is 5.26 Å². The highest BCUT2D eigenvalue weighted by atomic mass is 32.1. The smallest absolute Gasteiger partial charge is 0.113 e. The van der Waals surface area contributed by atoms with Gasteiger partial charge in [0.25, 0.3) is 0 Å². The molecule has 0 aromatic carbocycles. The quantitative estimate of drug-likeness (QED) is 0.876. The standard InChI is InChI=1S/C12H19N3S/c1-6-14-12(4,5)9-7-16-10(15-9)11(2,3)8-13/h7,14H,6H2,1-5H3. The molecule has 0 bridgehead atoms. The van der Waals surface area contributed by atoms with E-state index in [0.717, 1.165) is 17.2 Å². The van der Waals surface area contributed by atoms with E-state index in [1.54, 1.807) is 11.3 Å². The first-order valence-electron chi connectivity index (χ1n) is 5.46. The first-order valence-corrected chi connectivity index (χ1v) is 6.34. The summed E-state index contributed by atoms with van der Waals surface area (Å²) in [7, 11) is 0. The Morgan fingerprint density at radius 1 is 1.44 bits per heavy atom. The maximum atomic E-state index is 9.06. The normalized spacial score (nSPS) is 12.5. The number of nitriles is 1. The van der Waals surface area contributed by atoms with Gasteiger partial charge in [0.2, 0.25) is 0 Å². The molecule has 16 heavy (non-hydrogen) atoms. The van der Waals surface area contributed by atoms with E-state index < -0.39 is 5.41 Å². The zero-order valence-electron chi connectivity index (χ0n) is 10.6. The van der Waals surface area contributed by atoms with Gasteiger partial charge in [0.1, 0.15) is 10.4 Å². The van der Waals surface area contributed by atoms with Crippen molar-refractivity contribution in [1.29, 1.82) is 5.26 Å². The molecule has 0 radical (unpaired) electrons. The van der Waals surface area contributed by atoms with Crippen molar-refractivity contribution in [2.75, 3.05) is 6.54 Å². The second kappa shape index (κ2) is 4.52. The summed E-state index contributed by atoms with van der Waals surface area (Å²) in [5, 5.41) is 15.4. The summed E-state index contributed by atoms with van der Waals surface area (Å²) in [4.78, 5) is 4.58. The predicted molar refractivity (Wildman–Crippen MR) is 67.5 cm³/mol. The monoisotopic (exact) mass is 237 g/mol. The zero-order valence-corrected chi connectivity index (χ0v) is 11.4. The van der Waals surface area contributed by atoms with Gasteiger partial charge < -0.3 is 5.32 Å². The molecule has 0 unspecified atom stereocenters. The molecule has 3 nitrogen and oxygen atoms in total. The van der Waals surface area contributed by atoms with E-state index >= 15 is 0 Å². The Balaban J connectivity index is 3.01. The van der Waals surface area contributed by atoms with Gasteiger partial charge in [0.05, 0.1) is 17.3 Å². The largest absolute Gasteiger partial charge is 0.307 e. The first-order chi connectivity index (χ1) is 7.33. The molecule has 0 fully saturated rings. The Bertz CT molecular complexity index is 399. The van der Waals surface area contributed by atoms with Crippen molar-refractivity contribution in [2.45, 2.75) is 45.6 Å². The number of aromatic nitrogens is 1. The van der Waals surface area contributed by atoms with Crippen LogP contribution in [-0.2, 0) is 11.0 Å². The maximum absolute atomic E-state index is 9.06. The van der Waals surface area contributed by atoms with Gasteiger partial charge in [-0.1, -0.05) is 6.92 Å². The highest BCUT2D eigenvalue weighted by Gasteiger charge is 2.28. The van der Waals surface area contributed by atoms with Crippen LogP contribution in [0, 0.1) is 11.3 Å². The fraction of sp³-hybridized carbons (Fsp3) is 0.667. The van der Waals surface area contributed by atoms with Gasteiger partial charge >= 0.3 is 0 Å². The average Bonchev–Trinajstić information content (AvgIpc) is 2.67. The summed E-state index contributed by atoms with van der Waals surface area (Å²) in [6, 6.07) is 2.28. The van der Waals surface area contributed by atoms with Gasteiger partial charge in [0.15, 0.2) is 0 Å². The average molecular weight is 237 g/mol. The number of nitrogens with zero attached hydrogens (tertiary/aromatic N) is 2.